The smallest absolute Gasteiger partial charge is 0.324 e. The second-order valence-electron chi connectivity index (χ2n) is 4.74. The van der Waals surface area contributed by atoms with E-state index in [1.165, 1.54) is 0 Å². The topological polar surface area (TPSA) is 131 Å². The lowest BCUT2D eigenvalue weighted by molar-refractivity contribution is -0.149. The number of H-pyrrole nitrogens is 1. The van der Waals surface area contributed by atoms with Crippen molar-refractivity contribution in [1.82, 2.24) is 4.98 Å². The molecule has 1 aromatic carbocycles. The number of hydrogen-bond donors (Lipinski definition) is 4. The summed E-state index contributed by atoms with van der Waals surface area (Å²) in [6.07, 6.45) is 2.09. The first kappa shape index (κ1) is 15.0. The minimum atomic E-state index is -1.24. The molecule has 7 nitrogen and oxygen atoms in total. The van der Waals surface area contributed by atoms with Crippen LogP contribution in [0.5, 0.6) is 0 Å². The Hall–Kier alpha value is -2.38. The number of para-hydroxylation sites is 1. The molecule has 1 aromatic heterocycles. The number of ether oxygens (including phenoxy) is 1. The number of carboxylic acid groups (broad SMARTS) is 1. The van der Waals surface area contributed by atoms with Crippen molar-refractivity contribution in [2.45, 2.75) is 18.5 Å². The number of aromatic nitrogens is 1. The first-order valence-electron chi connectivity index (χ1n) is 6.44. The maximum Gasteiger partial charge on any atom is 0.324 e. The van der Waals surface area contributed by atoms with E-state index in [0.29, 0.717) is 6.42 Å². The number of rotatable bonds is 6. The number of nitrogens with one attached hydrogen (secondary N) is 1. The van der Waals surface area contributed by atoms with Crippen LogP contribution in [0.3, 0.4) is 0 Å². The largest absolute Gasteiger partial charge is 0.480 e. The number of hydrogen-bond acceptors (Lipinski definition) is 5. The molecule has 2 atom stereocenters. The molecule has 7 heteroatoms. The number of fused-ring (bicyclic) bond motifs is 1. The van der Waals surface area contributed by atoms with Gasteiger partial charge in [-0.2, -0.15) is 0 Å². The van der Waals surface area contributed by atoms with Crippen molar-refractivity contribution in [3.63, 3.8) is 0 Å². The number of esters is 1. The molecule has 21 heavy (non-hydrogen) atoms. The molecule has 0 aliphatic carbocycles. The summed E-state index contributed by atoms with van der Waals surface area (Å²) in [4.78, 5) is 25.4. The third kappa shape index (κ3) is 3.59. The van der Waals surface area contributed by atoms with Crippen LogP contribution in [0, 0.1) is 0 Å². The maximum atomic E-state index is 11.7. The minimum Gasteiger partial charge on any atom is -0.480 e. The molecule has 2 rings (SSSR count). The Morgan fingerprint density at radius 2 is 1.95 bits per heavy atom. The SMILES string of the molecule is N[C@H](Cc1c[nH]c2ccccc12)C(=O)OC[C@H](N)C(=O)O. The first-order chi connectivity index (χ1) is 9.99. The van der Waals surface area contributed by atoms with Crippen LogP contribution in [0.15, 0.2) is 30.5 Å². The molecule has 0 amide bonds. The van der Waals surface area contributed by atoms with E-state index in [1.807, 2.05) is 24.3 Å². The van der Waals surface area contributed by atoms with Crippen molar-refractivity contribution >= 4 is 22.8 Å². The Bertz CT molecular complexity index is 652. The summed E-state index contributed by atoms with van der Waals surface area (Å²) in [7, 11) is 0. The van der Waals surface area contributed by atoms with Gasteiger partial charge in [0.2, 0.25) is 0 Å². The minimum absolute atomic E-state index is 0.297. The average molecular weight is 291 g/mol. The maximum absolute atomic E-state index is 11.7. The Balaban J connectivity index is 1.96. The molecule has 0 unspecified atom stereocenters. The highest BCUT2D eigenvalue weighted by Crippen LogP contribution is 2.18. The number of carbonyl (C=O) groups excluding carboxylic acids is 1. The van der Waals surface area contributed by atoms with E-state index in [9.17, 15) is 9.59 Å². The molecule has 2 aromatic rings. The average Bonchev–Trinajstić information content (AvgIpc) is 2.87. The quantitative estimate of drug-likeness (QED) is 0.554. The fourth-order valence-corrected chi connectivity index (χ4v) is 1.97. The summed E-state index contributed by atoms with van der Waals surface area (Å²) in [6, 6.07) is 5.55. The highest BCUT2D eigenvalue weighted by Gasteiger charge is 2.20. The van der Waals surface area contributed by atoms with Crippen molar-refractivity contribution < 1.29 is 19.4 Å². The van der Waals surface area contributed by atoms with E-state index in [-0.39, 0.29) is 0 Å². The molecule has 0 aliphatic heterocycles. The second kappa shape index (κ2) is 6.38. The monoisotopic (exact) mass is 291 g/mol. The number of aliphatic carboxylic acids is 1. The molecule has 0 bridgehead atoms. The van der Waals surface area contributed by atoms with Crippen molar-refractivity contribution in [3.8, 4) is 0 Å². The van der Waals surface area contributed by atoms with Gasteiger partial charge in [-0.3, -0.25) is 9.59 Å². The van der Waals surface area contributed by atoms with Crippen LogP contribution in [-0.2, 0) is 20.7 Å². The predicted molar refractivity (Wildman–Crippen MR) is 76.5 cm³/mol. The van der Waals surface area contributed by atoms with Crippen LogP contribution in [0.2, 0.25) is 0 Å². The molecule has 6 N–H and O–H groups in total. The molecule has 0 radical (unpaired) electrons. The molecule has 0 spiro atoms. The third-order valence-corrected chi connectivity index (χ3v) is 3.14. The van der Waals surface area contributed by atoms with Gasteiger partial charge in [0.15, 0.2) is 0 Å². The zero-order valence-corrected chi connectivity index (χ0v) is 11.3. The molecule has 0 saturated heterocycles. The van der Waals surface area contributed by atoms with E-state index in [2.05, 4.69) is 4.98 Å². The Labute approximate surface area is 120 Å². The molecular weight excluding hydrogens is 274 g/mol. The summed E-state index contributed by atoms with van der Waals surface area (Å²) < 4.78 is 4.81. The lowest BCUT2D eigenvalue weighted by atomic mass is 10.1. The normalized spacial score (nSPS) is 13.8. The van der Waals surface area contributed by atoms with E-state index in [0.717, 1.165) is 16.5 Å². The predicted octanol–water partition coefficient (Wildman–Crippen LogP) is -0.00720. The van der Waals surface area contributed by atoms with Crippen molar-refractivity contribution in [2.24, 2.45) is 11.5 Å². The van der Waals surface area contributed by atoms with Gasteiger partial charge >= 0.3 is 11.9 Å². The summed E-state index contributed by atoms with van der Waals surface area (Å²) in [6.45, 7) is -0.393. The van der Waals surface area contributed by atoms with Gasteiger partial charge in [0.05, 0.1) is 0 Å². The summed E-state index contributed by atoms with van der Waals surface area (Å²) >= 11 is 0. The van der Waals surface area contributed by atoms with E-state index in [4.69, 9.17) is 21.3 Å². The third-order valence-electron chi connectivity index (χ3n) is 3.14. The van der Waals surface area contributed by atoms with E-state index in [1.54, 1.807) is 6.20 Å². The summed E-state index contributed by atoms with van der Waals surface area (Å²) in [5.74, 6) is -1.90. The number of nitrogens with two attached hydrogens (primary N) is 2. The van der Waals surface area contributed by atoms with Crippen LogP contribution in [0.25, 0.3) is 10.9 Å². The standard InChI is InChI=1S/C14H17N3O4/c15-10(14(20)21-7-11(16)13(18)19)5-8-6-17-12-4-2-1-3-9(8)12/h1-4,6,10-11,17H,5,7,15-16H2,(H,18,19)/t10-,11+/m1/s1. The Morgan fingerprint density at radius 3 is 2.67 bits per heavy atom. The fourth-order valence-electron chi connectivity index (χ4n) is 1.97. The fraction of sp³-hybridized carbons (Fsp3) is 0.286. The number of carbonyl (C=O) groups is 2. The van der Waals surface area contributed by atoms with Crippen LogP contribution < -0.4 is 11.5 Å². The van der Waals surface area contributed by atoms with Crippen LogP contribution in [0.1, 0.15) is 5.56 Å². The van der Waals surface area contributed by atoms with Crippen molar-refractivity contribution in [2.75, 3.05) is 6.61 Å². The lowest BCUT2D eigenvalue weighted by Crippen LogP contribution is -2.40. The molecular formula is C14H17N3O4. The van der Waals surface area contributed by atoms with Crippen LogP contribution in [-0.4, -0.2) is 40.7 Å². The van der Waals surface area contributed by atoms with Crippen molar-refractivity contribution in [1.29, 1.82) is 0 Å². The summed E-state index contributed by atoms with van der Waals surface area (Å²) in [5.41, 5.74) is 12.9. The highest BCUT2D eigenvalue weighted by molar-refractivity contribution is 5.84. The van der Waals surface area contributed by atoms with Crippen LogP contribution in [0.4, 0.5) is 0 Å². The second-order valence-corrected chi connectivity index (χ2v) is 4.74. The van der Waals surface area contributed by atoms with Crippen molar-refractivity contribution in [3.05, 3.63) is 36.0 Å². The van der Waals surface area contributed by atoms with Gasteiger partial charge in [-0.25, -0.2) is 0 Å². The van der Waals surface area contributed by atoms with Gasteiger partial charge in [0, 0.05) is 23.5 Å². The Morgan fingerprint density at radius 1 is 1.24 bits per heavy atom. The van der Waals surface area contributed by atoms with Gasteiger partial charge in [-0.1, -0.05) is 18.2 Å². The van der Waals surface area contributed by atoms with E-state index >= 15 is 0 Å². The zero-order valence-electron chi connectivity index (χ0n) is 11.3. The lowest BCUT2D eigenvalue weighted by Gasteiger charge is -2.12. The van der Waals surface area contributed by atoms with Gasteiger partial charge in [-0.15, -0.1) is 0 Å². The van der Waals surface area contributed by atoms with Crippen LogP contribution >= 0.6 is 0 Å². The molecule has 112 valence electrons. The molecule has 0 fully saturated rings. The van der Waals surface area contributed by atoms with E-state index < -0.39 is 30.6 Å². The highest BCUT2D eigenvalue weighted by atomic mass is 16.5. The number of benzene rings is 1. The zero-order chi connectivity index (χ0) is 15.4. The number of carboxylic acids is 1. The molecule has 0 saturated carbocycles. The first-order valence-corrected chi connectivity index (χ1v) is 6.44. The molecule has 1 heterocycles. The Kier molecular flexibility index (Phi) is 4.56. The van der Waals surface area contributed by atoms with Gasteiger partial charge in [0.25, 0.3) is 0 Å². The van der Waals surface area contributed by atoms with Gasteiger partial charge < -0.3 is 26.3 Å². The summed E-state index contributed by atoms with van der Waals surface area (Å²) in [5, 5.41) is 9.60. The van der Waals surface area contributed by atoms with Gasteiger partial charge in [-0.05, 0) is 11.6 Å². The molecule has 0 aliphatic rings. The number of aromatic amines is 1. The van der Waals surface area contributed by atoms with Gasteiger partial charge in [0.1, 0.15) is 18.7 Å².